The lowest BCUT2D eigenvalue weighted by Gasteiger charge is -2.18. The van der Waals surface area contributed by atoms with E-state index in [4.69, 9.17) is 19.6 Å². The average Bonchev–Trinajstić information content (AvgIpc) is 3.35. The molecular weight excluding hydrogens is 436 g/mol. The number of ether oxygens (including phenoxy) is 2. The van der Waals surface area contributed by atoms with Gasteiger partial charge in [-0.05, 0) is 36.6 Å². The van der Waals surface area contributed by atoms with Crippen LogP contribution in [-0.2, 0) is 17.9 Å². The standard InChI is InChI=1S/C24H26N6O2S/c1-14(2)22-21-18(12-30(29-21)11-16-5-7-17(31-4)8-6-16)20-19(13-32-22)33-24(27-20)28-23-25-10-9-15(3)26-23/h5-10,12,14,22H,11,13H2,1-4H3,(H,25,26,27,28). The predicted molar refractivity (Wildman–Crippen MR) is 128 cm³/mol. The summed E-state index contributed by atoms with van der Waals surface area (Å²) < 4.78 is 13.6. The molecule has 1 aliphatic rings. The number of anilines is 2. The molecule has 1 aromatic carbocycles. The maximum absolute atomic E-state index is 6.31. The lowest BCUT2D eigenvalue weighted by atomic mass is 10.0. The second-order valence-electron chi connectivity index (χ2n) is 8.39. The zero-order valence-electron chi connectivity index (χ0n) is 19.1. The molecule has 5 rings (SSSR count). The van der Waals surface area contributed by atoms with E-state index in [1.54, 1.807) is 24.6 Å². The molecule has 0 spiro atoms. The van der Waals surface area contributed by atoms with Crippen LogP contribution in [0.1, 0.15) is 41.8 Å². The molecule has 0 saturated heterocycles. The van der Waals surface area contributed by atoms with Gasteiger partial charge in [0, 0.05) is 23.7 Å². The van der Waals surface area contributed by atoms with Crippen LogP contribution in [0.4, 0.5) is 11.1 Å². The third-order valence-corrected chi connectivity index (χ3v) is 6.47. The fourth-order valence-corrected chi connectivity index (χ4v) is 4.79. The first-order valence-corrected chi connectivity index (χ1v) is 11.7. The number of methoxy groups -OCH3 is 1. The third kappa shape index (κ3) is 4.46. The highest BCUT2D eigenvalue weighted by molar-refractivity contribution is 7.16. The number of nitrogens with zero attached hydrogens (tertiary/aromatic N) is 5. The molecule has 1 aliphatic heterocycles. The van der Waals surface area contributed by atoms with E-state index in [0.717, 1.165) is 44.0 Å². The first-order valence-electron chi connectivity index (χ1n) is 10.9. The second kappa shape index (κ2) is 8.92. The molecule has 3 aromatic heterocycles. The molecule has 170 valence electrons. The average molecular weight is 463 g/mol. The number of aromatic nitrogens is 5. The number of benzene rings is 1. The van der Waals surface area contributed by atoms with Gasteiger partial charge in [0.05, 0.1) is 30.8 Å². The summed E-state index contributed by atoms with van der Waals surface area (Å²) in [7, 11) is 1.67. The Morgan fingerprint density at radius 3 is 2.76 bits per heavy atom. The van der Waals surface area contributed by atoms with Crippen molar-refractivity contribution in [3.63, 3.8) is 0 Å². The Kier molecular flexibility index (Phi) is 5.82. The minimum atomic E-state index is -0.0879. The largest absolute Gasteiger partial charge is 0.497 e. The van der Waals surface area contributed by atoms with Gasteiger partial charge in [-0.3, -0.25) is 4.68 Å². The van der Waals surface area contributed by atoms with E-state index in [1.807, 2.05) is 29.8 Å². The lowest BCUT2D eigenvalue weighted by molar-refractivity contribution is 0.00931. The summed E-state index contributed by atoms with van der Waals surface area (Å²) >= 11 is 1.57. The highest BCUT2D eigenvalue weighted by Gasteiger charge is 2.31. The van der Waals surface area contributed by atoms with Crippen molar-refractivity contribution in [3.8, 4) is 17.0 Å². The van der Waals surface area contributed by atoms with E-state index in [9.17, 15) is 0 Å². The predicted octanol–water partition coefficient (Wildman–Crippen LogP) is 5.13. The summed E-state index contributed by atoms with van der Waals surface area (Å²) in [6.07, 6.45) is 3.73. The van der Waals surface area contributed by atoms with Crippen molar-refractivity contribution in [1.29, 1.82) is 0 Å². The van der Waals surface area contributed by atoms with Crippen LogP contribution in [0.15, 0.2) is 42.7 Å². The number of aryl methyl sites for hydroxylation is 1. The molecule has 1 N–H and O–H groups in total. The smallest absolute Gasteiger partial charge is 0.229 e. The zero-order valence-corrected chi connectivity index (χ0v) is 19.9. The van der Waals surface area contributed by atoms with Crippen molar-refractivity contribution < 1.29 is 9.47 Å². The van der Waals surface area contributed by atoms with E-state index in [-0.39, 0.29) is 6.10 Å². The van der Waals surface area contributed by atoms with Crippen molar-refractivity contribution in [3.05, 3.63) is 64.6 Å². The van der Waals surface area contributed by atoms with Crippen molar-refractivity contribution in [2.24, 2.45) is 5.92 Å². The number of hydrogen-bond donors (Lipinski definition) is 1. The van der Waals surface area contributed by atoms with Crippen LogP contribution < -0.4 is 10.1 Å². The highest BCUT2D eigenvalue weighted by Crippen LogP contribution is 2.42. The van der Waals surface area contributed by atoms with E-state index >= 15 is 0 Å². The summed E-state index contributed by atoms with van der Waals surface area (Å²) in [6.45, 7) is 7.41. The highest BCUT2D eigenvalue weighted by atomic mass is 32.1. The number of nitrogens with one attached hydrogen (secondary N) is 1. The Morgan fingerprint density at radius 2 is 2.03 bits per heavy atom. The molecular formula is C24H26N6O2S. The Bertz CT molecular complexity index is 1260. The van der Waals surface area contributed by atoms with Crippen LogP contribution in [0.2, 0.25) is 0 Å². The topological polar surface area (TPSA) is 87.0 Å². The summed E-state index contributed by atoms with van der Waals surface area (Å²) in [5.41, 5.74) is 4.91. The fourth-order valence-electron chi connectivity index (χ4n) is 3.90. The molecule has 0 fully saturated rings. The third-order valence-electron chi connectivity index (χ3n) is 5.53. The van der Waals surface area contributed by atoms with Crippen LogP contribution in [0.25, 0.3) is 11.3 Å². The minimum Gasteiger partial charge on any atom is -0.497 e. The normalized spacial score (nSPS) is 15.1. The van der Waals surface area contributed by atoms with Gasteiger partial charge in [-0.15, -0.1) is 0 Å². The Labute approximate surface area is 196 Å². The monoisotopic (exact) mass is 462 g/mol. The van der Waals surface area contributed by atoms with Crippen LogP contribution in [0.5, 0.6) is 5.75 Å². The van der Waals surface area contributed by atoms with Gasteiger partial charge in [-0.2, -0.15) is 5.10 Å². The summed E-state index contributed by atoms with van der Waals surface area (Å²) in [6, 6.07) is 9.91. The quantitative estimate of drug-likeness (QED) is 0.425. The van der Waals surface area contributed by atoms with Crippen molar-refractivity contribution in [1.82, 2.24) is 24.7 Å². The van der Waals surface area contributed by atoms with E-state index < -0.39 is 0 Å². The summed E-state index contributed by atoms with van der Waals surface area (Å²) in [4.78, 5) is 14.7. The van der Waals surface area contributed by atoms with Gasteiger partial charge in [0.1, 0.15) is 17.5 Å². The summed E-state index contributed by atoms with van der Waals surface area (Å²) in [5.74, 6) is 1.67. The van der Waals surface area contributed by atoms with E-state index in [1.165, 1.54) is 0 Å². The molecule has 1 unspecified atom stereocenters. The van der Waals surface area contributed by atoms with Crippen LogP contribution in [0, 0.1) is 12.8 Å². The molecule has 0 radical (unpaired) electrons. The SMILES string of the molecule is COc1ccc(Cn2cc3c(n2)C(C(C)C)OCc2sc(Nc4nccc(C)n4)nc2-3)cc1. The van der Waals surface area contributed by atoms with Gasteiger partial charge < -0.3 is 14.8 Å². The maximum Gasteiger partial charge on any atom is 0.229 e. The molecule has 0 saturated carbocycles. The van der Waals surface area contributed by atoms with Crippen molar-refractivity contribution in [2.45, 2.75) is 40.0 Å². The van der Waals surface area contributed by atoms with E-state index in [2.05, 4.69) is 47.5 Å². The summed E-state index contributed by atoms with van der Waals surface area (Å²) in [5, 5.41) is 8.91. The van der Waals surface area contributed by atoms with Gasteiger partial charge in [-0.25, -0.2) is 15.0 Å². The molecule has 33 heavy (non-hydrogen) atoms. The number of hydrogen-bond acceptors (Lipinski definition) is 8. The van der Waals surface area contributed by atoms with Gasteiger partial charge >= 0.3 is 0 Å². The Hall–Kier alpha value is -3.30. The van der Waals surface area contributed by atoms with Gasteiger partial charge in [0.15, 0.2) is 5.13 Å². The minimum absolute atomic E-state index is 0.0879. The first kappa shape index (κ1) is 21.5. The Balaban J connectivity index is 1.49. The van der Waals surface area contributed by atoms with Crippen molar-refractivity contribution >= 4 is 22.4 Å². The molecule has 4 heterocycles. The van der Waals surface area contributed by atoms with Crippen molar-refractivity contribution in [2.75, 3.05) is 12.4 Å². The lowest BCUT2D eigenvalue weighted by Crippen LogP contribution is -2.12. The molecule has 4 aromatic rings. The van der Waals surface area contributed by atoms with E-state index in [0.29, 0.717) is 25.0 Å². The molecule has 0 aliphatic carbocycles. The fraction of sp³-hybridized carbons (Fsp3) is 0.333. The maximum atomic E-state index is 6.31. The van der Waals surface area contributed by atoms with Gasteiger partial charge in [0.25, 0.3) is 0 Å². The number of thiazole rings is 1. The Morgan fingerprint density at radius 1 is 1.21 bits per heavy atom. The molecule has 8 nitrogen and oxygen atoms in total. The van der Waals surface area contributed by atoms with Crippen LogP contribution >= 0.6 is 11.3 Å². The van der Waals surface area contributed by atoms with Gasteiger partial charge in [0.2, 0.25) is 5.95 Å². The van der Waals surface area contributed by atoms with Crippen LogP contribution in [-0.4, -0.2) is 31.8 Å². The zero-order chi connectivity index (χ0) is 22.9. The number of fused-ring (bicyclic) bond motifs is 3. The van der Waals surface area contributed by atoms with Crippen LogP contribution in [0.3, 0.4) is 0 Å². The molecule has 0 amide bonds. The van der Waals surface area contributed by atoms with Gasteiger partial charge in [-0.1, -0.05) is 37.3 Å². The first-order chi connectivity index (χ1) is 16.0. The molecule has 9 heteroatoms. The number of rotatable bonds is 6. The second-order valence-corrected chi connectivity index (χ2v) is 9.47. The molecule has 0 bridgehead atoms. The molecule has 1 atom stereocenters.